The molecule has 128 valence electrons. The SMILES string of the molecule is O=CCOC1CCc2cc([C@H]3CC[C@]4(COC(=O)N4)C3)ccc2C1. The van der Waals surface area contributed by atoms with Gasteiger partial charge >= 0.3 is 6.09 Å². The van der Waals surface area contributed by atoms with Crippen molar-refractivity contribution in [3.8, 4) is 0 Å². The van der Waals surface area contributed by atoms with Gasteiger partial charge in [0.05, 0.1) is 11.6 Å². The van der Waals surface area contributed by atoms with Gasteiger partial charge in [-0.25, -0.2) is 4.79 Å². The number of alkyl carbamates (subject to hydrolysis) is 1. The van der Waals surface area contributed by atoms with Crippen LogP contribution in [0.3, 0.4) is 0 Å². The Kier molecular flexibility index (Phi) is 4.04. The fraction of sp³-hybridized carbons (Fsp3) is 0.579. The van der Waals surface area contributed by atoms with Gasteiger partial charge in [0, 0.05) is 0 Å². The van der Waals surface area contributed by atoms with Gasteiger partial charge in [0.15, 0.2) is 0 Å². The standard InChI is InChI=1S/C19H23NO4/c21-7-8-23-17-4-3-13-9-14(1-2-15(13)10-17)16-5-6-19(11-16)12-24-18(22)20-19/h1-2,7,9,16-17H,3-6,8,10-12H2,(H,20,22)/t16-,17?,19+/m0/s1. The molecule has 1 aliphatic heterocycles. The lowest BCUT2D eigenvalue weighted by Crippen LogP contribution is -2.40. The van der Waals surface area contributed by atoms with Crippen LogP contribution < -0.4 is 5.32 Å². The minimum Gasteiger partial charge on any atom is -0.447 e. The molecule has 4 rings (SSSR count). The molecule has 1 aromatic rings. The van der Waals surface area contributed by atoms with Gasteiger partial charge in [-0.1, -0.05) is 18.2 Å². The van der Waals surface area contributed by atoms with Crippen molar-refractivity contribution in [3.63, 3.8) is 0 Å². The first-order valence-electron chi connectivity index (χ1n) is 8.79. The van der Waals surface area contributed by atoms with Crippen LogP contribution >= 0.6 is 0 Å². The molecule has 1 N–H and O–H groups in total. The highest BCUT2D eigenvalue weighted by Crippen LogP contribution is 2.43. The van der Waals surface area contributed by atoms with Gasteiger partial charge in [0.2, 0.25) is 0 Å². The number of fused-ring (bicyclic) bond motifs is 1. The number of hydrogen-bond donors (Lipinski definition) is 1. The predicted molar refractivity (Wildman–Crippen MR) is 88.1 cm³/mol. The van der Waals surface area contributed by atoms with Crippen LogP contribution in [0.15, 0.2) is 18.2 Å². The Morgan fingerprint density at radius 1 is 1.33 bits per heavy atom. The highest BCUT2D eigenvalue weighted by Gasteiger charge is 2.46. The first kappa shape index (κ1) is 15.6. The molecule has 3 aliphatic rings. The number of ether oxygens (including phenoxy) is 2. The average molecular weight is 329 g/mol. The molecule has 1 saturated carbocycles. The summed E-state index contributed by atoms with van der Waals surface area (Å²) in [7, 11) is 0. The molecule has 1 unspecified atom stereocenters. The van der Waals surface area contributed by atoms with Gasteiger partial charge in [0.25, 0.3) is 0 Å². The summed E-state index contributed by atoms with van der Waals surface area (Å²) in [5.74, 6) is 0.487. The monoisotopic (exact) mass is 329 g/mol. The minimum absolute atomic E-state index is 0.147. The normalized spacial score (nSPS) is 31.6. The second-order valence-corrected chi connectivity index (χ2v) is 7.31. The molecule has 0 aromatic heterocycles. The van der Waals surface area contributed by atoms with Crippen molar-refractivity contribution < 1.29 is 19.1 Å². The van der Waals surface area contributed by atoms with Crippen LogP contribution in [0.2, 0.25) is 0 Å². The molecule has 1 amide bonds. The van der Waals surface area contributed by atoms with E-state index in [1.807, 2.05) is 0 Å². The Morgan fingerprint density at radius 3 is 3.04 bits per heavy atom. The topological polar surface area (TPSA) is 64.6 Å². The number of aryl methyl sites for hydroxylation is 1. The summed E-state index contributed by atoms with van der Waals surface area (Å²) in [6, 6.07) is 6.78. The highest BCUT2D eigenvalue weighted by molar-refractivity contribution is 5.70. The lowest BCUT2D eigenvalue weighted by Gasteiger charge is -2.26. The fourth-order valence-corrected chi connectivity index (χ4v) is 4.46. The molecule has 1 heterocycles. The average Bonchev–Trinajstić information content (AvgIpc) is 3.18. The van der Waals surface area contributed by atoms with Gasteiger partial charge in [-0.2, -0.15) is 0 Å². The van der Waals surface area contributed by atoms with E-state index in [2.05, 4.69) is 23.5 Å². The zero-order chi connectivity index (χ0) is 16.6. The van der Waals surface area contributed by atoms with E-state index in [1.54, 1.807) is 0 Å². The molecule has 5 heteroatoms. The Bertz CT molecular complexity index is 659. The summed E-state index contributed by atoms with van der Waals surface area (Å²) in [5, 5.41) is 3.01. The molecule has 0 radical (unpaired) electrons. The maximum Gasteiger partial charge on any atom is 0.407 e. The van der Waals surface area contributed by atoms with Crippen LogP contribution in [0.4, 0.5) is 4.79 Å². The summed E-state index contributed by atoms with van der Waals surface area (Å²) in [4.78, 5) is 21.8. The molecule has 5 nitrogen and oxygen atoms in total. The smallest absolute Gasteiger partial charge is 0.407 e. The summed E-state index contributed by atoms with van der Waals surface area (Å²) in [6.07, 6.45) is 6.62. The molecule has 1 saturated heterocycles. The van der Waals surface area contributed by atoms with E-state index < -0.39 is 0 Å². The number of aldehydes is 1. The van der Waals surface area contributed by atoms with E-state index in [4.69, 9.17) is 9.47 Å². The Hall–Kier alpha value is -1.88. The molecule has 0 bridgehead atoms. The molecule has 1 spiro atoms. The lowest BCUT2D eigenvalue weighted by molar-refractivity contribution is -0.113. The molecule has 2 fully saturated rings. The number of nitrogens with one attached hydrogen (secondary N) is 1. The van der Waals surface area contributed by atoms with E-state index in [9.17, 15) is 9.59 Å². The molecule has 2 aliphatic carbocycles. The number of carbonyl (C=O) groups excluding carboxylic acids is 2. The molecular formula is C19H23NO4. The van der Waals surface area contributed by atoms with Crippen molar-refractivity contribution in [2.45, 2.75) is 56.1 Å². The number of amides is 1. The van der Waals surface area contributed by atoms with E-state index >= 15 is 0 Å². The van der Waals surface area contributed by atoms with Crippen molar-refractivity contribution in [2.24, 2.45) is 0 Å². The van der Waals surface area contributed by atoms with Crippen LogP contribution in [-0.2, 0) is 27.1 Å². The maximum atomic E-state index is 11.4. The Balaban J connectivity index is 1.45. The van der Waals surface area contributed by atoms with Crippen LogP contribution in [-0.4, -0.2) is 37.2 Å². The number of cyclic esters (lactones) is 1. The van der Waals surface area contributed by atoms with Gasteiger partial charge < -0.3 is 19.6 Å². The first-order valence-corrected chi connectivity index (χ1v) is 8.79. The number of carbonyl (C=O) groups is 2. The third-order valence-corrected chi connectivity index (χ3v) is 5.74. The van der Waals surface area contributed by atoms with Crippen molar-refractivity contribution in [2.75, 3.05) is 13.2 Å². The molecule has 3 atom stereocenters. The molecule has 24 heavy (non-hydrogen) atoms. The fourth-order valence-electron chi connectivity index (χ4n) is 4.46. The molecule has 1 aromatic carbocycles. The number of benzene rings is 1. The second-order valence-electron chi connectivity index (χ2n) is 7.31. The van der Waals surface area contributed by atoms with Crippen molar-refractivity contribution in [3.05, 3.63) is 34.9 Å². The van der Waals surface area contributed by atoms with Gasteiger partial charge in [-0.15, -0.1) is 0 Å². The van der Waals surface area contributed by atoms with E-state index in [0.717, 1.165) is 44.8 Å². The lowest BCUT2D eigenvalue weighted by atomic mass is 9.85. The first-order chi connectivity index (χ1) is 11.7. The van der Waals surface area contributed by atoms with Crippen LogP contribution in [0.1, 0.15) is 48.3 Å². The van der Waals surface area contributed by atoms with Crippen LogP contribution in [0, 0.1) is 0 Å². The van der Waals surface area contributed by atoms with Crippen LogP contribution in [0.5, 0.6) is 0 Å². The summed E-state index contributed by atoms with van der Waals surface area (Å²) in [5.41, 5.74) is 3.97. The van der Waals surface area contributed by atoms with Gasteiger partial charge in [-0.3, -0.25) is 0 Å². The van der Waals surface area contributed by atoms with E-state index in [0.29, 0.717) is 12.5 Å². The van der Waals surface area contributed by atoms with E-state index in [1.165, 1.54) is 16.7 Å². The quantitative estimate of drug-likeness (QED) is 0.862. The summed E-state index contributed by atoms with van der Waals surface area (Å²) < 4.78 is 10.7. The summed E-state index contributed by atoms with van der Waals surface area (Å²) in [6.45, 7) is 0.694. The maximum absolute atomic E-state index is 11.4. The van der Waals surface area contributed by atoms with Crippen molar-refractivity contribution in [1.29, 1.82) is 0 Å². The van der Waals surface area contributed by atoms with Gasteiger partial charge in [0.1, 0.15) is 19.5 Å². The van der Waals surface area contributed by atoms with Crippen LogP contribution in [0.25, 0.3) is 0 Å². The van der Waals surface area contributed by atoms with E-state index in [-0.39, 0.29) is 24.3 Å². The largest absolute Gasteiger partial charge is 0.447 e. The Morgan fingerprint density at radius 2 is 2.25 bits per heavy atom. The number of rotatable bonds is 4. The third kappa shape index (κ3) is 2.93. The molecular weight excluding hydrogens is 306 g/mol. The van der Waals surface area contributed by atoms with Crippen molar-refractivity contribution >= 4 is 12.4 Å². The summed E-state index contributed by atoms with van der Waals surface area (Å²) >= 11 is 0. The second kappa shape index (κ2) is 6.20. The Labute approximate surface area is 141 Å². The highest BCUT2D eigenvalue weighted by atomic mass is 16.6. The van der Waals surface area contributed by atoms with Crippen molar-refractivity contribution in [1.82, 2.24) is 5.32 Å². The minimum atomic E-state index is -0.276. The third-order valence-electron chi connectivity index (χ3n) is 5.74. The zero-order valence-electron chi connectivity index (χ0n) is 13.8. The predicted octanol–water partition coefficient (Wildman–Crippen LogP) is 2.51. The number of hydrogen-bond acceptors (Lipinski definition) is 4. The zero-order valence-corrected chi connectivity index (χ0v) is 13.8. The van der Waals surface area contributed by atoms with Gasteiger partial charge in [-0.05, 0) is 61.1 Å².